The van der Waals surface area contributed by atoms with Gasteiger partial charge in [0.25, 0.3) is 5.89 Å². The molecule has 1 N–H and O–H groups in total. The van der Waals surface area contributed by atoms with E-state index in [1.54, 1.807) is 0 Å². The molecule has 0 aliphatic carbocycles. The van der Waals surface area contributed by atoms with Crippen LogP contribution in [0.3, 0.4) is 0 Å². The fourth-order valence-electron chi connectivity index (χ4n) is 2.49. The van der Waals surface area contributed by atoms with Gasteiger partial charge in [0.15, 0.2) is 11.9 Å². The van der Waals surface area contributed by atoms with Crippen LogP contribution in [-0.2, 0) is 20.7 Å². The minimum Gasteiger partial charge on any atom is -0.479 e. The maximum Gasteiger partial charge on any atom is 0.332 e. The maximum atomic E-state index is 10.8. The summed E-state index contributed by atoms with van der Waals surface area (Å²) in [6, 6.07) is 0. The molecular formula is C12H16N2O5. The van der Waals surface area contributed by atoms with E-state index >= 15 is 0 Å². The molecule has 3 heterocycles. The molecule has 1 aromatic heterocycles. The molecule has 0 spiro atoms. The standard InChI is InChI=1S/C12H16N2O5/c15-12(16)9-4-3-8(18-9)11-13-10(14-19-11)6-7-2-1-5-17-7/h7-9H,1-6H2,(H,15,16). The number of rotatable bonds is 4. The SMILES string of the molecule is O=C(O)C1CCC(c2nc(CC3CCCO3)no2)O1. The lowest BCUT2D eigenvalue weighted by Gasteiger charge is -2.06. The second-order valence-corrected chi connectivity index (χ2v) is 4.92. The Morgan fingerprint density at radius 1 is 1.37 bits per heavy atom. The molecule has 1 aromatic rings. The Bertz CT molecular complexity index is 455. The molecule has 0 radical (unpaired) electrons. The molecule has 2 aliphatic heterocycles. The Labute approximate surface area is 109 Å². The zero-order valence-electron chi connectivity index (χ0n) is 10.4. The van der Waals surface area contributed by atoms with Crippen LogP contribution in [0.25, 0.3) is 0 Å². The van der Waals surface area contributed by atoms with Gasteiger partial charge in [-0.15, -0.1) is 0 Å². The van der Waals surface area contributed by atoms with Gasteiger partial charge in [0.2, 0.25) is 0 Å². The lowest BCUT2D eigenvalue weighted by Crippen LogP contribution is -2.18. The molecule has 3 rings (SSSR count). The van der Waals surface area contributed by atoms with Crippen molar-refractivity contribution in [3.63, 3.8) is 0 Å². The Kier molecular flexibility index (Phi) is 3.48. The molecule has 0 saturated carbocycles. The van der Waals surface area contributed by atoms with Crippen molar-refractivity contribution < 1.29 is 23.9 Å². The Morgan fingerprint density at radius 2 is 2.26 bits per heavy atom. The summed E-state index contributed by atoms with van der Waals surface area (Å²) < 4.78 is 16.0. The van der Waals surface area contributed by atoms with Crippen molar-refractivity contribution in [1.29, 1.82) is 0 Å². The normalized spacial score (nSPS) is 30.8. The zero-order chi connectivity index (χ0) is 13.2. The average Bonchev–Trinajstić information content (AvgIpc) is 3.09. The minimum atomic E-state index is -0.943. The second-order valence-electron chi connectivity index (χ2n) is 4.92. The van der Waals surface area contributed by atoms with Crippen molar-refractivity contribution in [2.24, 2.45) is 0 Å². The first-order chi connectivity index (χ1) is 9.22. The number of nitrogens with zero attached hydrogens (tertiary/aromatic N) is 2. The molecule has 3 atom stereocenters. The topological polar surface area (TPSA) is 94.7 Å². The summed E-state index contributed by atoms with van der Waals surface area (Å²) in [5.74, 6) is 0.0302. The van der Waals surface area contributed by atoms with Gasteiger partial charge in [0.05, 0.1) is 6.10 Å². The third-order valence-electron chi connectivity index (χ3n) is 3.49. The first-order valence-corrected chi connectivity index (χ1v) is 6.54. The quantitative estimate of drug-likeness (QED) is 0.873. The van der Waals surface area contributed by atoms with Crippen LogP contribution >= 0.6 is 0 Å². The van der Waals surface area contributed by atoms with Gasteiger partial charge in [-0.25, -0.2) is 4.79 Å². The first kappa shape index (κ1) is 12.6. The van der Waals surface area contributed by atoms with E-state index in [4.69, 9.17) is 19.1 Å². The summed E-state index contributed by atoms with van der Waals surface area (Å²) in [6.07, 6.45) is 2.81. The zero-order valence-corrected chi connectivity index (χ0v) is 10.4. The van der Waals surface area contributed by atoms with E-state index < -0.39 is 18.2 Å². The smallest absolute Gasteiger partial charge is 0.332 e. The van der Waals surface area contributed by atoms with E-state index in [1.807, 2.05) is 0 Å². The van der Waals surface area contributed by atoms with Crippen LogP contribution in [0.2, 0.25) is 0 Å². The molecular weight excluding hydrogens is 252 g/mol. The van der Waals surface area contributed by atoms with E-state index in [0.29, 0.717) is 31.0 Å². The van der Waals surface area contributed by atoms with Crippen molar-refractivity contribution in [1.82, 2.24) is 10.1 Å². The van der Waals surface area contributed by atoms with E-state index in [0.717, 1.165) is 19.4 Å². The number of carboxylic acids is 1. The monoisotopic (exact) mass is 268 g/mol. The second kappa shape index (κ2) is 5.26. The molecule has 2 saturated heterocycles. The van der Waals surface area contributed by atoms with Gasteiger partial charge in [0, 0.05) is 13.0 Å². The summed E-state index contributed by atoms with van der Waals surface area (Å²) in [6.45, 7) is 0.793. The van der Waals surface area contributed by atoms with E-state index in [2.05, 4.69) is 10.1 Å². The minimum absolute atomic E-state index is 0.168. The Hall–Kier alpha value is -1.47. The van der Waals surface area contributed by atoms with Crippen molar-refractivity contribution in [3.05, 3.63) is 11.7 Å². The molecule has 0 bridgehead atoms. The predicted molar refractivity (Wildman–Crippen MR) is 61.5 cm³/mol. The van der Waals surface area contributed by atoms with Gasteiger partial charge in [-0.2, -0.15) is 4.98 Å². The molecule has 19 heavy (non-hydrogen) atoms. The molecule has 0 aromatic carbocycles. The van der Waals surface area contributed by atoms with Gasteiger partial charge < -0.3 is 19.1 Å². The average molecular weight is 268 g/mol. The highest BCUT2D eigenvalue weighted by molar-refractivity contribution is 5.72. The highest BCUT2D eigenvalue weighted by Crippen LogP contribution is 2.32. The first-order valence-electron chi connectivity index (χ1n) is 6.54. The van der Waals surface area contributed by atoms with Crippen LogP contribution in [0.15, 0.2) is 4.52 Å². The van der Waals surface area contributed by atoms with E-state index in [-0.39, 0.29) is 6.10 Å². The number of carbonyl (C=O) groups is 1. The summed E-state index contributed by atoms with van der Waals surface area (Å²) in [4.78, 5) is 15.1. The highest BCUT2D eigenvalue weighted by atomic mass is 16.6. The van der Waals surface area contributed by atoms with Crippen LogP contribution in [-0.4, -0.2) is 40.0 Å². The molecule has 2 fully saturated rings. The number of aliphatic carboxylic acids is 1. The van der Waals surface area contributed by atoms with Gasteiger partial charge in [-0.05, 0) is 25.7 Å². The summed E-state index contributed by atoms with van der Waals surface area (Å²) in [5.41, 5.74) is 0. The number of carboxylic acid groups (broad SMARTS) is 1. The molecule has 3 unspecified atom stereocenters. The number of hydrogen-bond donors (Lipinski definition) is 1. The lowest BCUT2D eigenvalue weighted by atomic mass is 10.2. The van der Waals surface area contributed by atoms with Crippen molar-refractivity contribution in [2.75, 3.05) is 6.61 Å². The van der Waals surface area contributed by atoms with Crippen LogP contribution in [0.4, 0.5) is 0 Å². The fraction of sp³-hybridized carbons (Fsp3) is 0.750. The fourth-order valence-corrected chi connectivity index (χ4v) is 2.49. The van der Waals surface area contributed by atoms with Crippen molar-refractivity contribution >= 4 is 5.97 Å². The third kappa shape index (κ3) is 2.76. The predicted octanol–water partition coefficient (Wildman–Crippen LogP) is 1.10. The molecule has 0 amide bonds. The Morgan fingerprint density at radius 3 is 2.95 bits per heavy atom. The van der Waals surface area contributed by atoms with Crippen LogP contribution in [0, 0.1) is 0 Å². The summed E-state index contributed by atoms with van der Waals surface area (Å²) >= 11 is 0. The van der Waals surface area contributed by atoms with Crippen molar-refractivity contribution in [2.45, 2.75) is 50.4 Å². The Balaban J connectivity index is 1.60. The van der Waals surface area contributed by atoms with Crippen LogP contribution in [0.1, 0.15) is 43.5 Å². The van der Waals surface area contributed by atoms with Gasteiger partial charge in [0.1, 0.15) is 6.10 Å². The molecule has 7 nitrogen and oxygen atoms in total. The number of ether oxygens (including phenoxy) is 2. The van der Waals surface area contributed by atoms with Gasteiger partial charge >= 0.3 is 5.97 Å². The van der Waals surface area contributed by atoms with Crippen molar-refractivity contribution in [3.8, 4) is 0 Å². The number of hydrogen-bond acceptors (Lipinski definition) is 6. The molecule has 7 heteroatoms. The van der Waals surface area contributed by atoms with E-state index in [9.17, 15) is 4.79 Å². The summed E-state index contributed by atoms with van der Waals surface area (Å²) in [7, 11) is 0. The van der Waals surface area contributed by atoms with E-state index in [1.165, 1.54) is 0 Å². The lowest BCUT2D eigenvalue weighted by molar-refractivity contribution is -0.150. The molecule has 104 valence electrons. The number of aromatic nitrogens is 2. The largest absolute Gasteiger partial charge is 0.479 e. The molecule has 2 aliphatic rings. The van der Waals surface area contributed by atoms with Crippen LogP contribution < -0.4 is 0 Å². The maximum absolute atomic E-state index is 10.8. The van der Waals surface area contributed by atoms with Gasteiger partial charge in [-0.1, -0.05) is 5.16 Å². The van der Waals surface area contributed by atoms with Crippen LogP contribution in [0.5, 0.6) is 0 Å². The van der Waals surface area contributed by atoms with Gasteiger partial charge in [-0.3, -0.25) is 0 Å². The third-order valence-corrected chi connectivity index (χ3v) is 3.49. The highest BCUT2D eigenvalue weighted by Gasteiger charge is 2.34. The summed E-state index contributed by atoms with van der Waals surface area (Å²) in [5, 5.41) is 12.8.